The molecule has 1 spiro atoms. The van der Waals surface area contributed by atoms with Crippen molar-refractivity contribution in [2.45, 2.75) is 5.41 Å². The first-order chi connectivity index (χ1) is 37.7. The molecule has 0 N–H and O–H groups in total. The molecule has 76 heavy (non-hydrogen) atoms. The van der Waals surface area contributed by atoms with E-state index in [0.29, 0.717) is 0 Å². The van der Waals surface area contributed by atoms with Gasteiger partial charge in [-0.05, 0) is 151 Å². The number of benzene rings is 12. The Morgan fingerprint density at radius 3 is 1.42 bits per heavy atom. The normalized spacial score (nSPS) is 14.1. The van der Waals surface area contributed by atoms with Crippen LogP contribution in [0, 0.1) is 0 Å². The molecule has 0 saturated heterocycles. The van der Waals surface area contributed by atoms with Gasteiger partial charge in [-0.2, -0.15) is 0 Å². The van der Waals surface area contributed by atoms with Crippen LogP contribution < -0.4 is 4.90 Å². The maximum atomic E-state index is 6.55. The van der Waals surface area contributed by atoms with E-state index in [2.05, 4.69) is 289 Å². The highest BCUT2D eigenvalue weighted by atomic mass is 16.3. The van der Waals surface area contributed by atoms with Gasteiger partial charge in [0.15, 0.2) is 0 Å². The fourth-order valence-corrected chi connectivity index (χ4v) is 13.2. The quantitative estimate of drug-likeness (QED) is 0.159. The van der Waals surface area contributed by atoms with Gasteiger partial charge in [-0.1, -0.05) is 206 Å². The molecule has 2 aliphatic rings. The Morgan fingerprint density at radius 1 is 0.303 bits per heavy atom. The molecule has 14 aromatic rings. The van der Waals surface area contributed by atoms with Crippen LogP contribution in [-0.4, -0.2) is 4.57 Å². The van der Waals surface area contributed by atoms with E-state index in [0.717, 1.165) is 44.9 Å². The molecule has 3 nitrogen and oxygen atoms in total. The van der Waals surface area contributed by atoms with Crippen molar-refractivity contribution < 1.29 is 4.42 Å². The van der Waals surface area contributed by atoms with Crippen molar-refractivity contribution in [1.82, 2.24) is 4.57 Å². The molecule has 0 bridgehead atoms. The van der Waals surface area contributed by atoms with Gasteiger partial charge < -0.3 is 13.9 Å². The summed E-state index contributed by atoms with van der Waals surface area (Å²) in [6.07, 6.45) is 0. The maximum absolute atomic E-state index is 6.55. The molecule has 1 unspecified atom stereocenters. The van der Waals surface area contributed by atoms with Gasteiger partial charge in [0.2, 0.25) is 0 Å². The topological polar surface area (TPSA) is 21.3 Å². The molecule has 2 aliphatic carbocycles. The lowest BCUT2D eigenvalue weighted by Gasteiger charge is -2.32. The van der Waals surface area contributed by atoms with E-state index in [1.165, 1.54) is 99.5 Å². The SMILES string of the molecule is c1ccc(-c2ccc(N(c3ccc(-c4ccc(-n5c6ccccc6c6ccccc65)cc4)cc3)c3ccc(-c4cccc5c4C4(c6ccccc6-5)c5ccccc5-c5c4ccc4oc6ccccc6c54)cc3)cc2)cc1. The fraction of sp³-hybridized carbons (Fsp3) is 0.0137. The van der Waals surface area contributed by atoms with Crippen molar-refractivity contribution in [3.05, 3.63) is 301 Å². The number of furan rings is 1. The average Bonchev–Trinajstić information content (AvgIpc) is 4.41. The highest BCUT2D eigenvalue weighted by Gasteiger charge is 2.53. The number of nitrogens with zero attached hydrogens (tertiary/aromatic N) is 2. The van der Waals surface area contributed by atoms with E-state index in [4.69, 9.17) is 4.42 Å². The van der Waals surface area contributed by atoms with Crippen molar-refractivity contribution in [2.24, 2.45) is 0 Å². The Balaban J connectivity index is 0.808. The minimum atomic E-state index is -0.542. The molecular formula is C73H46N2O. The van der Waals surface area contributed by atoms with Crippen LogP contribution in [0.5, 0.6) is 0 Å². The Bertz CT molecular complexity index is 4550. The molecule has 2 heterocycles. The van der Waals surface area contributed by atoms with Crippen LogP contribution in [0.3, 0.4) is 0 Å². The zero-order valence-corrected chi connectivity index (χ0v) is 41.4. The van der Waals surface area contributed by atoms with Gasteiger partial charge in [0.25, 0.3) is 0 Å². The Morgan fingerprint density at radius 2 is 0.776 bits per heavy atom. The summed E-state index contributed by atoms with van der Waals surface area (Å²) in [4.78, 5) is 2.38. The monoisotopic (exact) mass is 966 g/mol. The third-order valence-electron chi connectivity index (χ3n) is 16.4. The van der Waals surface area contributed by atoms with Crippen LogP contribution >= 0.6 is 0 Å². The standard InChI is InChI=1S/C73H46N2O/c1-2-15-47(16-3-1)48-29-37-52(38-30-48)74(53-39-31-49(32-40-53)50-33-41-55(42-34-50)75-66-26-11-6-18-58(66)59-19-7-12-27-67(59)75)54-43-35-51(36-44-54)56-22-14-23-60-57-17-4-9-24-63(57)73(72(56)60)64-25-10-5-20-61(64)70-65(73)45-46-69-71(70)62-21-8-13-28-68(62)76-69/h1-46H. The number of hydrogen-bond acceptors (Lipinski definition) is 2. The summed E-state index contributed by atoms with van der Waals surface area (Å²) in [6.45, 7) is 0. The molecule has 0 aliphatic heterocycles. The van der Waals surface area contributed by atoms with Gasteiger partial charge in [-0.25, -0.2) is 0 Å². The second-order valence-corrected chi connectivity index (χ2v) is 20.3. The molecule has 354 valence electrons. The predicted molar refractivity (Wildman–Crippen MR) is 315 cm³/mol. The zero-order chi connectivity index (χ0) is 49.9. The van der Waals surface area contributed by atoms with Gasteiger partial charge >= 0.3 is 0 Å². The molecule has 3 heteroatoms. The van der Waals surface area contributed by atoms with E-state index >= 15 is 0 Å². The highest BCUT2D eigenvalue weighted by molar-refractivity contribution is 6.16. The number of aromatic nitrogens is 1. The van der Waals surface area contributed by atoms with Gasteiger partial charge in [0, 0.05) is 44.3 Å². The Kier molecular flexibility index (Phi) is 9.25. The van der Waals surface area contributed by atoms with Gasteiger partial charge in [0.1, 0.15) is 11.2 Å². The molecule has 16 rings (SSSR count). The van der Waals surface area contributed by atoms with Crippen LogP contribution in [0.1, 0.15) is 22.3 Å². The second-order valence-electron chi connectivity index (χ2n) is 20.3. The predicted octanol–water partition coefficient (Wildman–Crippen LogP) is 19.5. The largest absolute Gasteiger partial charge is 0.456 e. The van der Waals surface area contributed by atoms with Crippen molar-refractivity contribution in [3.8, 4) is 61.3 Å². The van der Waals surface area contributed by atoms with E-state index < -0.39 is 5.41 Å². The van der Waals surface area contributed by atoms with Crippen LogP contribution in [-0.2, 0) is 5.41 Å². The number of fused-ring (bicyclic) bond motifs is 17. The van der Waals surface area contributed by atoms with E-state index in [1.807, 2.05) is 0 Å². The smallest absolute Gasteiger partial charge is 0.136 e. The zero-order valence-electron chi connectivity index (χ0n) is 41.4. The third-order valence-corrected chi connectivity index (χ3v) is 16.4. The number of hydrogen-bond donors (Lipinski definition) is 0. The van der Waals surface area contributed by atoms with Crippen molar-refractivity contribution in [3.63, 3.8) is 0 Å². The van der Waals surface area contributed by atoms with E-state index in [1.54, 1.807) is 0 Å². The van der Waals surface area contributed by atoms with Crippen molar-refractivity contribution in [2.75, 3.05) is 4.90 Å². The molecule has 0 saturated carbocycles. The average molecular weight is 967 g/mol. The summed E-state index contributed by atoms with van der Waals surface area (Å²) in [5.74, 6) is 0. The maximum Gasteiger partial charge on any atom is 0.136 e. The minimum absolute atomic E-state index is 0.542. The summed E-state index contributed by atoms with van der Waals surface area (Å²) >= 11 is 0. The van der Waals surface area contributed by atoms with Crippen LogP contribution in [0.2, 0.25) is 0 Å². The van der Waals surface area contributed by atoms with Crippen LogP contribution in [0.15, 0.2) is 283 Å². The summed E-state index contributed by atoms with van der Waals surface area (Å²) in [7, 11) is 0. The van der Waals surface area contributed by atoms with E-state index in [-0.39, 0.29) is 0 Å². The van der Waals surface area contributed by atoms with Gasteiger partial charge in [-0.15, -0.1) is 0 Å². The Labute approximate surface area is 440 Å². The molecule has 0 amide bonds. The number of rotatable bonds is 7. The lowest BCUT2D eigenvalue weighted by molar-refractivity contribution is 0.668. The fourth-order valence-electron chi connectivity index (χ4n) is 13.2. The number of anilines is 3. The van der Waals surface area contributed by atoms with Gasteiger partial charge in [0.05, 0.1) is 16.4 Å². The molecule has 1 atom stereocenters. The minimum Gasteiger partial charge on any atom is -0.456 e. The third kappa shape index (κ3) is 6.11. The lowest BCUT2D eigenvalue weighted by atomic mass is 9.68. The van der Waals surface area contributed by atoms with Crippen molar-refractivity contribution >= 4 is 60.8 Å². The summed E-state index contributed by atoms with van der Waals surface area (Å²) in [6, 6.07) is 102. The van der Waals surface area contributed by atoms with Crippen LogP contribution in [0.25, 0.3) is 105 Å². The lowest BCUT2D eigenvalue weighted by Crippen LogP contribution is -2.26. The molecular weight excluding hydrogens is 921 g/mol. The summed E-state index contributed by atoms with van der Waals surface area (Å²) < 4.78 is 8.93. The molecule has 2 aromatic heterocycles. The molecule has 0 fully saturated rings. The van der Waals surface area contributed by atoms with Crippen molar-refractivity contribution in [1.29, 1.82) is 0 Å². The first-order valence-electron chi connectivity index (χ1n) is 26.2. The number of para-hydroxylation sites is 3. The highest BCUT2D eigenvalue weighted by Crippen LogP contribution is 2.66. The first-order valence-corrected chi connectivity index (χ1v) is 26.2. The Hall–Kier alpha value is -9.96. The first kappa shape index (κ1) is 42.5. The molecule has 12 aromatic carbocycles. The van der Waals surface area contributed by atoms with Crippen LogP contribution in [0.4, 0.5) is 17.1 Å². The van der Waals surface area contributed by atoms with E-state index in [9.17, 15) is 0 Å². The molecule has 0 radical (unpaired) electrons. The summed E-state index contributed by atoms with van der Waals surface area (Å²) in [5, 5.41) is 4.86. The second kappa shape index (κ2) is 16.5. The summed E-state index contributed by atoms with van der Waals surface area (Å²) in [5.41, 5.74) is 25.6. The van der Waals surface area contributed by atoms with Gasteiger partial charge in [-0.3, -0.25) is 0 Å².